The largest absolute Gasteiger partial charge is 0.444 e. The molecule has 1 aromatic rings. The number of hydrogen-bond acceptors (Lipinski definition) is 4. The van der Waals surface area contributed by atoms with Gasteiger partial charge in [-0.25, -0.2) is 4.79 Å². The summed E-state index contributed by atoms with van der Waals surface area (Å²) in [6, 6.07) is 11.0. The van der Waals surface area contributed by atoms with Gasteiger partial charge >= 0.3 is 6.09 Å². The van der Waals surface area contributed by atoms with E-state index in [0.717, 1.165) is 25.9 Å². The number of carbonyl (C=O) groups is 1. The lowest BCUT2D eigenvalue weighted by Crippen LogP contribution is -2.47. The highest BCUT2D eigenvalue weighted by molar-refractivity contribution is 5.68. The van der Waals surface area contributed by atoms with Crippen molar-refractivity contribution in [2.75, 3.05) is 13.1 Å². The fraction of sp³-hybridized carbons (Fsp3) is 0.682. The molecular formula is C22H34N2O3. The fourth-order valence-electron chi connectivity index (χ4n) is 4.15. The standard InChI is InChI=1S/C22H34N2O3/c1-22(2,3)27-21(25)23-18-13-14-24(15-18)19-11-7-8-12-20(19)26-16-17-9-5-4-6-10-17/h4-6,9-10,18-20H,7-8,11-16H2,1-3H3,(H,23,25)/t18-,19+,20+/m1/s1. The second kappa shape index (κ2) is 9.07. The van der Waals surface area contributed by atoms with Gasteiger partial charge in [0.25, 0.3) is 0 Å². The molecule has 0 bridgehead atoms. The molecule has 0 unspecified atom stereocenters. The van der Waals surface area contributed by atoms with Crippen molar-refractivity contribution in [1.82, 2.24) is 10.2 Å². The predicted octanol–water partition coefficient (Wildman–Crippen LogP) is 4.11. The minimum Gasteiger partial charge on any atom is -0.444 e. The summed E-state index contributed by atoms with van der Waals surface area (Å²) in [6.07, 6.45) is 5.74. The van der Waals surface area contributed by atoms with Crippen LogP contribution in [0.2, 0.25) is 0 Å². The molecule has 1 amide bonds. The van der Waals surface area contributed by atoms with E-state index in [4.69, 9.17) is 9.47 Å². The molecule has 1 saturated carbocycles. The minimum atomic E-state index is -0.456. The topological polar surface area (TPSA) is 50.8 Å². The molecule has 5 nitrogen and oxygen atoms in total. The maximum absolute atomic E-state index is 12.0. The molecule has 1 heterocycles. The lowest BCUT2D eigenvalue weighted by atomic mass is 9.91. The molecule has 3 atom stereocenters. The van der Waals surface area contributed by atoms with Crippen LogP contribution in [-0.4, -0.2) is 47.9 Å². The van der Waals surface area contributed by atoms with Gasteiger partial charge in [0.05, 0.1) is 12.7 Å². The van der Waals surface area contributed by atoms with Crippen LogP contribution in [0.4, 0.5) is 4.79 Å². The van der Waals surface area contributed by atoms with E-state index in [1.807, 2.05) is 26.8 Å². The Morgan fingerprint density at radius 3 is 2.63 bits per heavy atom. The van der Waals surface area contributed by atoms with Gasteiger partial charge in [-0.05, 0) is 45.6 Å². The van der Waals surface area contributed by atoms with Crippen molar-refractivity contribution in [2.45, 2.75) is 83.3 Å². The monoisotopic (exact) mass is 374 g/mol. The first-order valence-electron chi connectivity index (χ1n) is 10.3. The summed E-state index contributed by atoms with van der Waals surface area (Å²) in [4.78, 5) is 14.6. The Kier molecular flexibility index (Phi) is 6.77. The lowest BCUT2D eigenvalue weighted by molar-refractivity contribution is -0.0394. The Morgan fingerprint density at radius 1 is 1.15 bits per heavy atom. The fourth-order valence-corrected chi connectivity index (χ4v) is 4.15. The van der Waals surface area contributed by atoms with Crippen LogP contribution >= 0.6 is 0 Å². The van der Waals surface area contributed by atoms with Crippen LogP contribution in [-0.2, 0) is 16.1 Å². The highest BCUT2D eigenvalue weighted by Gasteiger charge is 2.36. The highest BCUT2D eigenvalue weighted by atomic mass is 16.6. The molecule has 150 valence electrons. The average Bonchev–Trinajstić information content (AvgIpc) is 3.07. The Balaban J connectivity index is 1.50. The molecule has 5 heteroatoms. The van der Waals surface area contributed by atoms with E-state index in [1.165, 1.54) is 24.8 Å². The maximum atomic E-state index is 12.0. The quantitative estimate of drug-likeness (QED) is 0.842. The Hall–Kier alpha value is -1.59. The third-order valence-electron chi connectivity index (χ3n) is 5.38. The molecule has 1 aliphatic carbocycles. The van der Waals surface area contributed by atoms with Gasteiger partial charge in [-0.1, -0.05) is 43.2 Å². The molecule has 27 heavy (non-hydrogen) atoms. The van der Waals surface area contributed by atoms with Crippen LogP contribution < -0.4 is 5.32 Å². The van der Waals surface area contributed by atoms with Crippen molar-refractivity contribution < 1.29 is 14.3 Å². The van der Waals surface area contributed by atoms with Gasteiger partial charge in [0.1, 0.15) is 5.60 Å². The zero-order valence-corrected chi connectivity index (χ0v) is 16.9. The van der Waals surface area contributed by atoms with Crippen LogP contribution in [0.1, 0.15) is 58.4 Å². The molecule has 1 aromatic carbocycles. The van der Waals surface area contributed by atoms with Gasteiger partial charge in [-0.3, -0.25) is 4.90 Å². The lowest BCUT2D eigenvalue weighted by Gasteiger charge is -2.38. The summed E-state index contributed by atoms with van der Waals surface area (Å²) >= 11 is 0. The first-order valence-corrected chi connectivity index (χ1v) is 10.3. The third-order valence-corrected chi connectivity index (χ3v) is 5.38. The van der Waals surface area contributed by atoms with E-state index >= 15 is 0 Å². The van der Waals surface area contributed by atoms with Gasteiger partial charge < -0.3 is 14.8 Å². The molecule has 2 aliphatic rings. The number of carbonyl (C=O) groups excluding carboxylic acids is 1. The summed E-state index contributed by atoms with van der Waals surface area (Å²) in [6.45, 7) is 8.25. The number of alkyl carbamates (subject to hydrolysis) is 1. The summed E-state index contributed by atoms with van der Waals surface area (Å²) in [5.74, 6) is 0. The number of nitrogens with one attached hydrogen (secondary N) is 1. The molecule has 0 radical (unpaired) electrons. The van der Waals surface area contributed by atoms with E-state index in [1.54, 1.807) is 0 Å². The Bertz CT molecular complexity index is 599. The SMILES string of the molecule is CC(C)(C)OC(=O)N[C@@H]1CCN([C@H]2CCCC[C@@H]2OCc2ccccc2)C1. The summed E-state index contributed by atoms with van der Waals surface area (Å²) < 4.78 is 11.7. The van der Waals surface area contributed by atoms with Crippen molar-refractivity contribution in [1.29, 1.82) is 0 Å². The number of rotatable bonds is 5. The van der Waals surface area contributed by atoms with Crippen LogP contribution in [0.3, 0.4) is 0 Å². The average molecular weight is 375 g/mol. The van der Waals surface area contributed by atoms with Crippen LogP contribution in [0, 0.1) is 0 Å². The zero-order chi connectivity index (χ0) is 19.3. The number of nitrogens with zero attached hydrogens (tertiary/aromatic N) is 1. The van der Waals surface area contributed by atoms with Crippen molar-refractivity contribution in [3.8, 4) is 0 Å². The number of likely N-dealkylation sites (tertiary alicyclic amines) is 1. The van der Waals surface area contributed by atoms with Gasteiger partial charge in [-0.2, -0.15) is 0 Å². The molecule has 1 aliphatic heterocycles. The van der Waals surface area contributed by atoms with Gasteiger partial charge in [0.2, 0.25) is 0 Å². The first-order chi connectivity index (χ1) is 12.9. The van der Waals surface area contributed by atoms with Crippen LogP contribution in [0.15, 0.2) is 30.3 Å². The van der Waals surface area contributed by atoms with Crippen molar-refractivity contribution in [2.24, 2.45) is 0 Å². The third kappa shape index (κ3) is 6.22. The van der Waals surface area contributed by atoms with Crippen LogP contribution in [0.25, 0.3) is 0 Å². The summed E-state index contributed by atoms with van der Waals surface area (Å²) in [5, 5.41) is 3.03. The molecule has 2 fully saturated rings. The van der Waals surface area contributed by atoms with E-state index in [-0.39, 0.29) is 18.2 Å². The maximum Gasteiger partial charge on any atom is 0.407 e. The normalized spacial score (nSPS) is 26.7. The van der Waals surface area contributed by atoms with E-state index < -0.39 is 5.60 Å². The first kappa shape index (κ1) is 20.2. The van der Waals surface area contributed by atoms with Crippen LogP contribution in [0.5, 0.6) is 0 Å². The molecule has 3 rings (SSSR count). The molecule has 0 aromatic heterocycles. The summed E-state index contributed by atoms with van der Waals surface area (Å²) in [5.41, 5.74) is 0.773. The smallest absolute Gasteiger partial charge is 0.407 e. The van der Waals surface area contributed by atoms with Gasteiger partial charge in [0.15, 0.2) is 0 Å². The van der Waals surface area contributed by atoms with Crippen molar-refractivity contribution >= 4 is 6.09 Å². The zero-order valence-electron chi connectivity index (χ0n) is 16.9. The van der Waals surface area contributed by atoms with E-state index in [0.29, 0.717) is 12.6 Å². The molecule has 0 spiro atoms. The second-order valence-corrected chi connectivity index (χ2v) is 8.81. The molecule has 1 N–H and O–H groups in total. The highest BCUT2D eigenvalue weighted by Crippen LogP contribution is 2.29. The molecule has 1 saturated heterocycles. The Labute approximate surface area is 163 Å². The number of ether oxygens (including phenoxy) is 2. The van der Waals surface area contributed by atoms with Gasteiger partial charge in [-0.15, -0.1) is 0 Å². The predicted molar refractivity (Wildman–Crippen MR) is 107 cm³/mol. The number of amides is 1. The molecular weight excluding hydrogens is 340 g/mol. The second-order valence-electron chi connectivity index (χ2n) is 8.81. The Morgan fingerprint density at radius 2 is 1.89 bits per heavy atom. The number of benzene rings is 1. The van der Waals surface area contributed by atoms with Crippen molar-refractivity contribution in [3.05, 3.63) is 35.9 Å². The van der Waals surface area contributed by atoms with E-state index in [2.05, 4.69) is 34.5 Å². The summed E-state index contributed by atoms with van der Waals surface area (Å²) in [7, 11) is 0. The van der Waals surface area contributed by atoms with Gasteiger partial charge in [0, 0.05) is 25.2 Å². The number of hydrogen-bond donors (Lipinski definition) is 1. The minimum absolute atomic E-state index is 0.163. The van der Waals surface area contributed by atoms with Crippen molar-refractivity contribution in [3.63, 3.8) is 0 Å². The van der Waals surface area contributed by atoms with E-state index in [9.17, 15) is 4.79 Å².